The van der Waals surface area contributed by atoms with Crippen molar-refractivity contribution in [2.75, 3.05) is 12.1 Å². The summed E-state index contributed by atoms with van der Waals surface area (Å²) < 4.78 is 20.8. The second-order valence-electron chi connectivity index (χ2n) is 6.56. The Bertz CT molecular complexity index is 1110. The first-order valence-electron chi connectivity index (χ1n) is 9.04. The van der Waals surface area contributed by atoms with Crippen molar-refractivity contribution in [3.05, 3.63) is 83.0 Å². The normalized spacial score (nSPS) is 15.5. The van der Waals surface area contributed by atoms with Crippen molar-refractivity contribution in [3.8, 4) is 16.5 Å². The molecule has 0 saturated carbocycles. The standard InChI is InChI=1S/C21H17FN4OS2/c1-27-17-10-6-15(7-11-17)20-25(13-14-4-8-16(22)9-5-14)26-19(18-3-2-12-28-18)23-24-21(26)29-20/h2-12,20H,13H2,1H3. The van der Waals surface area contributed by atoms with Crippen LogP contribution >= 0.6 is 23.1 Å². The number of nitrogens with zero attached hydrogens (tertiary/aromatic N) is 4. The summed E-state index contributed by atoms with van der Waals surface area (Å²) in [6, 6.07) is 18.7. The molecule has 29 heavy (non-hydrogen) atoms. The van der Waals surface area contributed by atoms with E-state index in [1.807, 2.05) is 41.8 Å². The lowest BCUT2D eigenvalue weighted by molar-refractivity contribution is 0.414. The van der Waals surface area contributed by atoms with Gasteiger partial charge in [-0.25, -0.2) is 9.07 Å². The highest BCUT2D eigenvalue weighted by Gasteiger charge is 2.36. The van der Waals surface area contributed by atoms with Gasteiger partial charge >= 0.3 is 0 Å². The molecule has 2 aromatic carbocycles. The highest BCUT2D eigenvalue weighted by atomic mass is 32.2. The van der Waals surface area contributed by atoms with E-state index in [-0.39, 0.29) is 11.2 Å². The molecule has 0 saturated heterocycles. The smallest absolute Gasteiger partial charge is 0.212 e. The lowest BCUT2D eigenvalue weighted by Crippen LogP contribution is -2.33. The fourth-order valence-electron chi connectivity index (χ4n) is 3.33. The van der Waals surface area contributed by atoms with Gasteiger partial charge in [0.15, 0.2) is 5.82 Å². The molecule has 8 heteroatoms. The molecule has 0 amide bonds. The van der Waals surface area contributed by atoms with Crippen LogP contribution in [0.5, 0.6) is 5.75 Å². The van der Waals surface area contributed by atoms with Gasteiger partial charge in [-0.15, -0.1) is 21.5 Å². The van der Waals surface area contributed by atoms with E-state index in [2.05, 4.69) is 32.0 Å². The molecule has 2 aromatic heterocycles. The van der Waals surface area contributed by atoms with Crippen LogP contribution in [0.15, 0.2) is 71.2 Å². The summed E-state index contributed by atoms with van der Waals surface area (Å²) in [7, 11) is 1.66. The summed E-state index contributed by atoms with van der Waals surface area (Å²) in [5.74, 6) is 1.40. The molecule has 1 aliphatic heterocycles. The van der Waals surface area contributed by atoms with E-state index < -0.39 is 0 Å². The molecule has 1 aliphatic rings. The third-order valence-corrected chi connectivity index (χ3v) is 6.83. The first-order valence-corrected chi connectivity index (χ1v) is 10.8. The number of rotatable bonds is 5. The van der Waals surface area contributed by atoms with Gasteiger partial charge in [-0.3, -0.25) is 5.01 Å². The molecule has 0 N–H and O–H groups in total. The zero-order valence-electron chi connectivity index (χ0n) is 15.5. The Kier molecular flexibility index (Phi) is 4.73. The summed E-state index contributed by atoms with van der Waals surface area (Å²) >= 11 is 3.29. The summed E-state index contributed by atoms with van der Waals surface area (Å²) in [5.41, 5.74) is 2.16. The van der Waals surface area contributed by atoms with E-state index in [0.717, 1.165) is 32.7 Å². The molecule has 0 aliphatic carbocycles. The molecule has 1 atom stereocenters. The number of ether oxygens (including phenoxy) is 1. The lowest BCUT2D eigenvalue weighted by Gasteiger charge is -2.28. The molecule has 146 valence electrons. The summed E-state index contributed by atoms with van der Waals surface area (Å²) in [6.45, 7) is 0.605. The van der Waals surface area contributed by atoms with Crippen molar-refractivity contribution in [2.24, 2.45) is 0 Å². The minimum absolute atomic E-state index is 0.0233. The van der Waals surface area contributed by atoms with Gasteiger partial charge in [-0.05, 0) is 46.8 Å². The van der Waals surface area contributed by atoms with E-state index in [9.17, 15) is 4.39 Å². The average Bonchev–Trinajstić information content (AvgIpc) is 3.48. The maximum absolute atomic E-state index is 13.4. The van der Waals surface area contributed by atoms with Crippen molar-refractivity contribution < 1.29 is 9.13 Å². The first kappa shape index (κ1) is 18.2. The Morgan fingerprint density at radius 1 is 1.03 bits per heavy atom. The van der Waals surface area contributed by atoms with Gasteiger partial charge in [-0.2, -0.15) is 0 Å². The van der Waals surface area contributed by atoms with Crippen LogP contribution in [-0.2, 0) is 6.54 Å². The molecule has 1 unspecified atom stereocenters. The van der Waals surface area contributed by atoms with E-state index in [1.54, 1.807) is 30.2 Å². The Hall–Kier alpha value is -2.84. The van der Waals surface area contributed by atoms with Gasteiger partial charge in [0.1, 0.15) is 16.9 Å². The minimum Gasteiger partial charge on any atom is -0.497 e. The fraction of sp³-hybridized carbons (Fsp3) is 0.143. The maximum Gasteiger partial charge on any atom is 0.212 e. The van der Waals surface area contributed by atoms with Crippen molar-refractivity contribution in [3.63, 3.8) is 0 Å². The lowest BCUT2D eigenvalue weighted by atomic mass is 10.2. The van der Waals surface area contributed by atoms with Crippen molar-refractivity contribution in [2.45, 2.75) is 17.1 Å². The van der Waals surface area contributed by atoms with Gasteiger partial charge in [0.2, 0.25) is 5.16 Å². The molecule has 0 radical (unpaired) electrons. The van der Waals surface area contributed by atoms with Crippen LogP contribution in [0.3, 0.4) is 0 Å². The molecule has 3 heterocycles. The zero-order valence-corrected chi connectivity index (χ0v) is 17.2. The van der Waals surface area contributed by atoms with E-state index in [1.165, 1.54) is 12.1 Å². The van der Waals surface area contributed by atoms with Crippen LogP contribution in [-0.4, -0.2) is 22.0 Å². The maximum atomic E-state index is 13.4. The number of methoxy groups -OCH3 is 1. The SMILES string of the molecule is COc1ccc(C2Sc3nnc(-c4cccs4)n3N2Cc2ccc(F)cc2)cc1. The molecular weight excluding hydrogens is 407 g/mol. The summed E-state index contributed by atoms with van der Waals surface area (Å²) in [6.07, 6.45) is 0. The largest absolute Gasteiger partial charge is 0.497 e. The Morgan fingerprint density at radius 3 is 2.52 bits per heavy atom. The number of aromatic nitrogens is 3. The van der Waals surface area contributed by atoms with Gasteiger partial charge in [0, 0.05) is 0 Å². The van der Waals surface area contributed by atoms with Crippen LogP contribution in [0.25, 0.3) is 10.7 Å². The van der Waals surface area contributed by atoms with E-state index in [4.69, 9.17) is 4.74 Å². The number of hydrogen-bond acceptors (Lipinski definition) is 6. The number of hydrogen-bond donors (Lipinski definition) is 0. The van der Waals surface area contributed by atoms with Crippen molar-refractivity contribution in [1.82, 2.24) is 14.9 Å². The fourth-order valence-corrected chi connectivity index (χ4v) is 5.19. The molecule has 0 bridgehead atoms. The van der Waals surface area contributed by atoms with Crippen LogP contribution in [0, 0.1) is 5.82 Å². The second-order valence-corrected chi connectivity index (χ2v) is 8.56. The third kappa shape index (κ3) is 3.38. The average molecular weight is 425 g/mol. The molecular formula is C21H17FN4OS2. The Labute approximate surface area is 175 Å². The number of thioether (sulfide) groups is 1. The van der Waals surface area contributed by atoms with Crippen LogP contribution in [0.1, 0.15) is 16.5 Å². The minimum atomic E-state index is -0.236. The quantitative estimate of drug-likeness (QED) is 0.446. The van der Waals surface area contributed by atoms with Gasteiger partial charge in [0.25, 0.3) is 0 Å². The molecule has 0 spiro atoms. The van der Waals surface area contributed by atoms with Crippen LogP contribution in [0.4, 0.5) is 4.39 Å². The van der Waals surface area contributed by atoms with Gasteiger partial charge in [-0.1, -0.05) is 42.1 Å². The first-order chi connectivity index (χ1) is 14.2. The van der Waals surface area contributed by atoms with Gasteiger partial charge < -0.3 is 4.74 Å². The monoisotopic (exact) mass is 424 g/mol. The molecule has 5 nitrogen and oxygen atoms in total. The van der Waals surface area contributed by atoms with Crippen LogP contribution < -0.4 is 9.75 Å². The van der Waals surface area contributed by atoms with Crippen LogP contribution in [0.2, 0.25) is 0 Å². The highest BCUT2D eigenvalue weighted by Crippen LogP contribution is 2.45. The highest BCUT2D eigenvalue weighted by molar-refractivity contribution is 7.99. The zero-order chi connectivity index (χ0) is 19.8. The molecule has 5 rings (SSSR count). The predicted octanol–water partition coefficient (Wildman–Crippen LogP) is 5.10. The number of halogens is 1. The molecule has 4 aromatic rings. The topological polar surface area (TPSA) is 43.2 Å². The van der Waals surface area contributed by atoms with Crippen molar-refractivity contribution in [1.29, 1.82) is 0 Å². The predicted molar refractivity (Wildman–Crippen MR) is 113 cm³/mol. The number of benzene rings is 2. The van der Waals surface area contributed by atoms with Gasteiger partial charge in [0.05, 0.1) is 18.5 Å². The Morgan fingerprint density at radius 2 is 1.83 bits per heavy atom. The summed E-state index contributed by atoms with van der Waals surface area (Å²) in [4.78, 5) is 1.06. The van der Waals surface area contributed by atoms with E-state index >= 15 is 0 Å². The number of thiophene rings is 1. The van der Waals surface area contributed by atoms with Crippen molar-refractivity contribution >= 4 is 23.1 Å². The number of fused-ring (bicyclic) bond motifs is 1. The summed E-state index contributed by atoms with van der Waals surface area (Å²) in [5, 5.41) is 14.0. The second kappa shape index (κ2) is 7.53. The van der Waals surface area contributed by atoms with E-state index in [0.29, 0.717) is 6.54 Å². The Balaban J connectivity index is 1.56. The molecule has 0 fully saturated rings. The third-order valence-electron chi connectivity index (χ3n) is 4.76.